The lowest BCUT2D eigenvalue weighted by Gasteiger charge is -2.11. The maximum Gasteiger partial charge on any atom is 0.573 e. The summed E-state index contributed by atoms with van der Waals surface area (Å²) in [5.74, 6) is -0.0145. The van der Waals surface area contributed by atoms with E-state index in [-0.39, 0.29) is 21.8 Å². The maximum atomic E-state index is 12.0. The van der Waals surface area contributed by atoms with E-state index < -0.39 is 6.36 Å². The summed E-state index contributed by atoms with van der Waals surface area (Å²) in [6, 6.07) is 3.79. The lowest BCUT2D eigenvalue weighted by atomic mass is 10.3. The third-order valence-corrected chi connectivity index (χ3v) is 2.25. The van der Waals surface area contributed by atoms with Crippen molar-refractivity contribution in [2.24, 2.45) is 5.73 Å². The molecule has 17 heavy (non-hydrogen) atoms. The van der Waals surface area contributed by atoms with Gasteiger partial charge in [0.2, 0.25) is 0 Å². The van der Waals surface area contributed by atoms with Crippen LogP contribution < -0.4 is 15.2 Å². The molecule has 3 nitrogen and oxygen atoms in total. The Bertz CT molecular complexity index is 425. The minimum atomic E-state index is -4.73. The average Bonchev–Trinajstić information content (AvgIpc) is 2.17. The Labute approximate surface area is 109 Å². The minimum absolute atomic E-state index is 0.0151. The van der Waals surface area contributed by atoms with Crippen LogP contribution in [0.25, 0.3) is 0 Å². The summed E-state index contributed by atoms with van der Waals surface area (Å²) >= 11 is 7.53. The molecule has 0 aromatic heterocycles. The molecule has 0 radical (unpaired) electrons. The van der Waals surface area contributed by atoms with Crippen LogP contribution in [-0.4, -0.2) is 18.0 Å². The number of hydrogen-bond acceptors (Lipinski definition) is 3. The second-order valence-corrected chi connectivity index (χ2v) is 4.27. The normalized spacial score (nSPS) is 11.1. The van der Waals surface area contributed by atoms with Gasteiger partial charge in [0.1, 0.15) is 23.1 Å². The fraction of sp³-hybridized carbons (Fsp3) is 0.222. The number of ether oxygens (including phenoxy) is 2. The molecule has 0 saturated heterocycles. The highest BCUT2D eigenvalue weighted by atomic mass is 79.9. The number of alkyl halides is 3. The second-order valence-electron chi connectivity index (χ2n) is 2.90. The summed E-state index contributed by atoms with van der Waals surface area (Å²) in [4.78, 5) is 0.150. The van der Waals surface area contributed by atoms with Crippen molar-refractivity contribution in [1.29, 1.82) is 0 Å². The van der Waals surface area contributed by atoms with Crippen molar-refractivity contribution < 1.29 is 22.6 Å². The fourth-order valence-electron chi connectivity index (χ4n) is 0.933. The third-order valence-electron chi connectivity index (χ3n) is 1.51. The fourth-order valence-corrected chi connectivity index (χ4v) is 1.43. The topological polar surface area (TPSA) is 44.5 Å². The second kappa shape index (κ2) is 5.54. The summed E-state index contributed by atoms with van der Waals surface area (Å²) in [6.07, 6.45) is -4.73. The van der Waals surface area contributed by atoms with Crippen molar-refractivity contribution in [2.45, 2.75) is 6.36 Å². The smallest absolute Gasteiger partial charge is 0.486 e. The highest BCUT2D eigenvalue weighted by Gasteiger charge is 2.31. The first-order valence-corrected chi connectivity index (χ1v) is 5.44. The standard InChI is InChI=1S/C9H7BrF3NO2S/c10-6-3-5(15-4-8(14)17)1-2-7(6)16-9(11,12)13/h1-3H,4H2,(H2,14,17). The Morgan fingerprint density at radius 3 is 2.53 bits per heavy atom. The molecule has 0 aliphatic carbocycles. The van der Waals surface area contributed by atoms with Gasteiger partial charge in [-0.15, -0.1) is 13.2 Å². The first kappa shape index (κ1) is 14.0. The number of halogens is 4. The van der Waals surface area contributed by atoms with Crippen LogP contribution in [0.15, 0.2) is 22.7 Å². The molecule has 2 N–H and O–H groups in total. The quantitative estimate of drug-likeness (QED) is 0.862. The molecule has 0 saturated carbocycles. The van der Waals surface area contributed by atoms with E-state index in [0.29, 0.717) is 5.75 Å². The van der Waals surface area contributed by atoms with E-state index in [1.54, 1.807) is 0 Å². The van der Waals surface area contributed by atoms with Crippen molar-refractivity contribution in [3.05, 3.63) is 22.7 Å². The van der Waals surface area contributed by atoms with E-state index >= 15 is 0 Å². The monoisotopic (exact) mass is 329 g/mol. The van der Waals surface area contributed by atoms with Gasteiger partial charge in [0.05, 0.1) is 4.47 Å². The van der Waals surface area contributed by atoms with Gasteiger partial charge in [0.25, 0.3) is 0 Å². The number of nitrogens with two attached hydrogens (primary N) is 1. The predicted octanol–water partition coefficient (Wildman–Crippen LogP) is 3.01. The Morgan fingerprint density at radius 1 is 1.41 bits per heavy atom. The molecular formula is C9H7BrF3NO2S. The van der Waals surface area contributed by atoms with Crippen molar-refractivity contribution in [3.63, 3.8) is 0 Å². The maximum absolute atomic E-state index is 12.0. The van der Waals surface area contributed by atoms with Gasteiger partial charge in [0, 0.05) is 0 Å². The Balaban J connectivity index is 2.76. The van der Waals surface area contributed by atoms with Crippen LogP contribution >= 0.6 is 28.1 Å². The van der Waals surface area contributed by atoms with Gasteiger partial charge in [-0.25, -0.2) is 0 Å². The molecule has 0 aliphatic heterocycles. The molecule has 0 atom stereocenters. The van der Waals surface area contributed by atoms with Crippen LogP contribution in [0.3, 0.4) is 0 Å². The molecule has 1 aromatic rings. The highest BCUT2D eigenvalue weighted by Crippen LogP contribution is 2.33. The summed E-state index contributed by atoms with van der Waals surface area (Å²) in [5.41, 5.74) is 5.21. The Morgan fingerprint density at radius 2 is 2.06 bits per heavy atom. The lowest BCUT2D eigenvalue weighted by Crippen LogP contribution is -2.18. The molecule has 0 heterocycles. The third kappa shape index (κ3) is 5.22. The van der Waals surface area contributed by atoms with E-state index in [2.05, 4.69) is 32.9 Å². The van der Waals surface area contributed by atoms with E-state index in [4.69, 9.17) is 10.5 Å². The van der Waals surface area contributed by atoms with Crippen LogP contribution in [0, 0.1) is 0 Å². The van der Waals surface area contributed by atoms with Crippen LogP contribution in [0.2, 0.25) is 0 Å². The van der Waals surface area contributed by atoms with Crippen molar-refractivity contribution in [2.75, 3.05) is 6.61 Å². The average molecular weight is 330 g/mol. The molecule has 0 unspecified atom stereocenters. The van der Waals surface area contributed by atoms with Crippen LogP contribution in [0.1, 0.15) is 0 Å². The van der Waals surface area contributed by atoms with Gasteiger partial charge < -0.3 is 15.2 Å². The zero-order valence-corrected chi connectivity index (χ0v) is 10.7. The largest absolute Gasteiger partial charge is 0.573 e. The van der Waals surface area contributed by atoms with E-state index in [1.807, 2.05) is 0 Å². The van der Waals surface area contributed by atoms with Crippen molar-refractivity contribution in [1.82, 2.24) is 0 Å². The number of hydrogen-bond donors (Lipinski definition) is 1. The van der Waals surface area contributed by atoms with Gasteiger partial charge >= 0.3 is 6.36 Å². The Kier molecular flexibility index (Phi) is 4.58. The zero-order chi connectivity index (χ0) is 13.1. The van der Waals surface area contributed by atoms with Crippen LogP contribution in [0.4, 0.5) is 13.2 Å². The molecule has 0 bridgehead atoms. The molecule has 0 spiro atoms. The molecule has 0 aliphatic rings. The lowest BCUT2D eigenvalue weighted by molar-refractivity contribution is -0.274. The van der Waals surface area contributed by atoms with Gasteiger partial charge in [-0.1, -0.05) is 12.2 Å². The first-order chi connectivity index (χ1) is 7.78. The van der Waals surface area contributed by atoms with E-state index in [0.717, 1.165) is 6.07 Å². The number of rotatable bonds is 4. The molecule has 0 amide bonds. The summed E-state index contributed by atoms with van der Waals surface area (Å²) in [5, 5.41) is 0. The Hall–Kier alpha value is -1.02. The highest BCUT2D eigenvalue weighted by molar-refractivity contribution is 9.10. The van der Waals surface area contributed by atoms with Crippen LogP contribution in [0.5, 0.6) is 11.5 Å². The molecule has 94 valence electrons. The number of benzene rings is 1. The first-order valence-electron chi connectivity index (χ1n) is 4.24. The predicted molar refractivity (Wildman–Crippen MR) is 63.1 cm³/mol. The summed E-state index contributed by atoms with van der Waals surface area (Å²) in [6.45, 7) is 0.0151. The zero-order valence-electron chi connectivity index (χ0n) is 8.25. The minimum Gasteiger partial charge on any atom is -0.486 e. The molecule has 1 rings (SSSR count). The van der Waals surface area contributed by atoms with E-state index in [1.165, 1.54) is 12.1 Å². The van der Waals surface area contributed by atoms with Crippen molar-refractivity contribution in [3.8, 4) is 11.5 Å². The van der Waals surface area contributed by atoms with E-state index in [9.17, 15) is 13.2 Å². The SMILES string of the molecule is NC(=S)COc1ccc(OC(F)(F)F)c(Br)c1. The molecule has 0 fully saturated rings. The molecule has 8 heteroatoms. The molecule has 1 aromatic carbocycles. The number of thiocarbonyl (C=S) groups is 1. The molecular weight excluding hydrogens is 323 g/mol. The van der Waals surface area contributed by atoms with Gasteiger partial charge in [-0.2, -0.15) is 0 Å². The summed E-state index contributed by atoms with van der Waals surface area (Å²) in [7, 11) is 0. The summed E-state index contributed by atoms with van der Waals surface area (Å²) < 4.78 is 44.9. The van der Waals surface area contributed by atoms with Gasteiger partial charge in [0.15, 0.2) is 0 Å². The van der Waals surface area contributed by atoms with Gasteiger partial charge in [-0.3, -0.25) is 0 Å². The van der Waals surface area contributed by atoms with Gasteiger partial charge in [-0.05, 0) is 34.1 Å². The van der Waals surface area contributed by atoms with Crippen LogP contribution in [-0.2, 0) is 0 Å². The van der Waals surface area contributed by atoms with Crippen molar-refractivity contribution >= 4 is 33.1 Å².